The maximum atomic E-state index is 8.25. The smallest absolute Gasteiger partial charge is 0.153 e. The second kappa shape index (κ2) is 10.9. The molecule has 0 saturated heterocycles. The Bertz CT molecular complexity index is 281. The monoisotopic (exact) mass is 288 g/mol. The fourth-order valence-electron chi connectivity index (χ4n) is 2.30. The zero-order valence-electron chi connectivity index (χ0n) is 12.1. The molecule has 102 valence electrons. The molecule has 18 heavy (non-hydrogen) atoms. The molecule has 0 amide bonds. The first-order valence-electron chi connectivity index (χ1n) is 6.01. The van der Waals surface area contributed by atoms with Gasteiger partial charge in [0.1, 0.15) is 0 Å². The molecule has 0 aliphatic heterocycles. The summed E-state index contributed by atoms with van der Waals surface area (Å²) in [6, 6.07) is 0. The molecule has 1 unspecified atom stereocenters. The van der Waals surface area contributed by atoms with Crippen LogP contribution < -0.4 is 15.3 Å². The number of rotatable bonds is 0. The van der Waals surface area contributed by atoms with Crippen molar-refractivity contribution in [3.05, 3.63) is 22.8 Å². The van der Waals surface area contributed by atoms with Crippen LogP contribution in [0.1, 0.15) is 39.5 Å². The largest absolute Gasteiger partial charge is 0.857 e. The third-order valence-corrected chi connectivity index (χ3v) is 4.38. The van der Waals surface area contributed by atoms with Gasteiger partial charge in [-0.1, -0.05) is 0 Å². The van der Waals surface area contributed by atoms with Gasteiger partial charge in [-0.15, -0.1) is 0 Å². The molecule has 0 spiro atoms. The topological polar surface area (TPSA) is 69.2 Å². The zero-order valence-corrected chi connectivity index (χ0v) is 13.7. The van der Waals surface area contributed by atoms with E-state index in [-0.39, 0.29) is 0 Å². The van der Waals surface area contributed by atoms with Crippen molar-refractivity contribution in [2.75, 3.05) is 21.3 Å². The Balaban J connectivity index is 0. The van der Waals surface area contributed by atoms with E-state index in [9.17, 15) is 0 Å². The van der Waals surface area contributed by atoms with E-state index in [4.69, 9.17) is 15.3 Å². The van der Waals surface area contributed by atoms with Gasteiger partial charge in [0.25, 0.3) is 0 Å². The second-order valence-electron chi connectivity index (χ2n) is 4.16. The summed E-state index contributed by atoms with van der Waals surface area (Å²) < 4.78 is 0.385. The maximum Gasteiger partial charge on any atom is -0.153 e. The molecule has 0 radical (unpaired) electrons. The van der Waals surface area contributed by atoms with Crippen LogP contribution in [0.3, 0.4) is 0 Å². The van der Waals surface area contributed by atoms with E-state index in [0.29, 0.717) is 3.72 Å². The molecule has 0 fully saturated rings. The van der Waals surface area contributed by atoms with E-state index in [1.54, 1.807) is 16.7 Å². The van der Waals surface area contributed by atoms with E-state index < -0.39 is 0 Å². The quantitative estimate of drug-likeness (QED) is 0.608. The summed E-state index contributed by atoms with van der Waals surface area (Å²) in [6.07, 6.45) is 7.91. The van der Waals surface area contributed by atoms with Crippen molar-refractivity contribution in [3.63, 3.8) is 0 Å². The minimum absolute atomic E-state index is 0.385. The minimum atomic E-state index is 0.385. The van der Waals surface area contributed by atoms with Gasteiger partial charge < -0.3 is 15.3 Å². The van der Waals surface area contributed by atoms with Gasteiger partial charge in [0.05, 0.1) is 0 Å². The summed E-state index contributed by atoms with van der Waals surface area (Å²) in [5.74, 6) is 0. The minimum Gasteiger partial charge on any atom is -0.857 e. The Hall–Kier alpha value is 0.0743. The van der Waals surface area contributed by atoms with Crippen molar-refractivity contribution in [3.8, 4) is 0 Å². The van der Waals surface area contributed by atoms with Crippen LogP contribution in [0.2, 0.25) is 3.72 Å². The number of allylic oxidation sites excluding steroid dienone is 4. The van der Waals surface area contributed by atoms with Gasteiger partial charge in [0.15, 0.2) is 0 Å². The summed E-state index contributed by atoms with van der Waals surface area (Å²) >= 11 is 2.37. The van der Waals surface area contributed by atoms with Crippen molar-refractivity contribution in [2.24, 2.45) is 0 Å². The van der Waals surface area contributed by atoms with Crippen molar-refractivity contribution < 1.29 is 35.8 Å². The van der Waals surface area contributed by atoms with Gasteiger partial charge in [-0.3, -0.25) is 0 Å². The van der Waals surface area contributed by atoms with Crippen LogP contribution in [0.25, 0.3) is 0 Å². The van der Waals surface area contributed by atoms with Crippen molar-refractivity contribution >= 4 is 0 Å². The first-order valence-corrected chi connectivity index (χ1v) is 6.79. The standard InChI is InChI=1S/C11H15.3CH3O.Ti/c1-8-7-10-5-3-4-6-11(10)9(8)2;3*1-2;/h7H,3-6H2,1-2H3;3*1H3;/q;3*-1;+3. The van der Waals surface area contributed by atoms with Crippen molar-refractivity contribution in [1.82, 2.24) is 0 Å². The Morgan fingerprint density at radius 2 is 1.44 bits per heavy atom. The van der Waals surface area contributed by atoms with Crippen LogP contribution >= 0.6 is 0 Å². The summed E-state index contributed by atoms with van der Waals surface area (Å²) in [5.41, 5.74) is 4.95. The molecule has 0 aromatic heterocycles. The van der Waals surface area contributed by atoms with Crippen molar-refractivity contribution in [1.29, 1.82) is 0 Å². The third kappa shape index (κ3) is 4.98. The molecule has 0 aromatic rings. The van der Waals surface area contributed by atoms with E-state index in [2.05, 4.69) is 40.4 Å². The van der Waals surface area contributed by atoms with Gasteiger partial charge >= 0.3 is 86.5 Å². The van der Waals surface area contributed by atoms with Crippen LogP contribution in [-0.4, -0.2) is 21.3 Å². The van der Waals surface area contributed by atoms with Crippen LogP contribution in [-0.2, 0) is 20.4 Å². The SMILES string of the molecule is CC1=CC2=C(CCCC2)[C]1(C)[Ti+3].C[O-].C[O-].C[O-]. The second-order valence-corrected chi connectivity index (χ2v) is 5.72. The fraction of sp³-hybridized carbons (Fsp3) is 0.714. The third-order valence-electron chi connectivity index (χ3n) is 3.29. The van der Waals surface area contributed by atoms with Crippen LogP contribution in [0.4, 0.5) is 0 Å². The average Bonchev–Trinajstić information content (AvgIpc) is 2.68. The molecule has 3 nitrogen and oxygen atoms in total. The van der Waals surface area contributed by atoms with Crippen LogP contribution in [0.15, 0.2) is 22.8 Å². The molecule has 0 heterocycles. The summed E-state index contributed by atoms with van der Waals surface area (Å²) in [6.45, 7) is 4.64. The molecule has 0 N–H and O–H groups in total. The predicted molar refractivity (Wildman–Crippen MR) is 65.4 cm³/mol. The van der Waals surface area contributed by atoms with Gasteiger partial charge in [-0.2, -0.15) is 21.3 Å². The molecule has 2 aliphatic carbocycles. The molecule has 0 bridgehead atoms. The van der Waals surface area contributed by atoms with Crippen molar-refractivity contribution in [2.45, 2.75) is 43.3 Å². The predicted octanol–water partition coefficient (Wildman–Crippen LogP) is 0.472. The number of hydrogen-bond acceptors (Lipinski definition) is 3. The summed E-state index contributed by atoms with van der Waals surface area (Å²) in [7, 11) is 2.25. The van der Waals surface area contributed by atoms with E-state index in [1.807, 2.05) is 0 Å². The number of hydrogen-bond donors (Lipinski definition) is 0. The van der Waals surface area contributed by atoms with Crippen LogP contribution in [0, 0.1) is 0 Å². The Kier molecular flexibility index (Phi) is 12.4. The molecule has 2 aliphatic rings. The van der Waals surface area contributed by atoms with E-state index >= 15 is 0 Å². The van der Waals surface area contributed by atoms with Gasteiger partial charge in [-0.25, -0.2) is 0 Å². The molecule has 2 rings (SSSR count). The Labute approximate surface area is 123 Å². The fourth-order valence-corrected chi connectivity index (χ4v) is 2.86. The zero-order chi connectivity index (χ0) is 14.8. The Morgan fingerprint density at radius 1 is 1.00 bits per heavy atom. The average molecular weight is 288 g/mol. The van der Waals surface area contributed by atoms with E-state index in [0.717, 1.165) is 21.3 Å². The molecular weight excluding hydrogens is 264 g/mol. The van der Waals surface area contributed by atoms with Gasteiger partial charge in [0.2, 0.25) is 0 Å². The normalized spacial score (nSPS) is 24.4. The van der Waals surface area contributed by atoms with Gasteiger partial charge in [0, 0.05) is 0 Å². The van der Waals surface area contributed by atoms with Gasteiger partial charge in [-0.05, 0) is 0 Å². The maximum absolute atomic E-state index is 8.25. The first kappa shape index (κ1) is 20.4. The first-order chi connectivity index (χ1) is 8.62. The molecule has 0 saturated carbocycles. The Morgan fingerprint density at radius 3 is 1.89 bits per heavy atom. The molecule has 1 atom stereocenters. The molecule has 0 aromatic carbocycles. The van der Waals surface area contributed by atoms with E-state index in [1.165, 1.54) is 25.7 Å². The van der Waals surface area contributed by atoms with Crippen LogP contribution in [0.5, 0.6) is 0 Å². The summed E-state index contributed by atoms with van der Waals surface area (Å²) in [4.78, 5) is 0. The summed E-state index contributed by atoms with van der Waals surface area (Å²) in [5, 5.41) is 24.8. The molecule has 4 heteroatoms. The molecular formula is C14H24O3Ti.